The molecule has 1 amide bonds. The van der Waals surface area contributed by atoms with E-state index in [2.05, 4.69) is 51.3 Å². The third-order valence-electron chi connectivity index (χ3n) is 4.54. The zero-order valence-corrected chi connectivity index (χ0v) is 14.8. The summed E-state index contributed by atoms with van der Waals surface area (Å²) >= 11 is 1.67. The highest BCUT2D eigenvalue weighted by molar-refractivity contribution is 7.08. The number of rotatable bonds is 6. The Kier molecular flexibility index (Phi) is 6.15. The Morgan fingerprint density at radius 2 is 2.00 bits per heavy atom. The lowest BCUT2D eigenvalue weighted by Crippen LogP contribution is -2.49. The number of benzene rings is 1. The first-order chi connectivity index (χ1) is 12.1. The smallest absolute Gasteiger partial charge is 0.255 e. The van der Waals surface area contributed by atoms with Gasteiger partial charge in [0.2, 0.25) is 5.91 Å². The van der Waals surface area contributed by atoms with Crippen molar-refractivity contribution in [2.45, 2.75) is 38.3 Å². The Bertz CT molecular complexity index is 673. The van der Waals surface area contributed by atoms with E-state index >= 15 is 0 Å². The van der Waals surface area contributed by atoms with Crippen molar-refractivity contribution in [2.75, 3.05) is 13.1 Å². The normalized spacial score (nSPS) is 18.4. The quantitative estimate of drug-likeness (QED) is 0.835. The van der Waals surface area contributed by atoms with Crippen LogP contribution in [0.5, 0.6) is 0 Å². The largest absolute Gasteiger partial charge is 0.349 e. The van der Waals surface area contributed by atoms with Crippen molar-refractivity contribution in [3.8, 4) is 11.1 Å². The lowest BCUT2D eigenvalue weighted by molar-refractivity contribution is -0.128. The lowest BCUT2D eigenvalue weighted by Gasteiger charge is -2.34. The van der Waals surface area contributed by atoms with Crippen molar-refractivity contribution >= 4 is 17.2 Å². The third-order valence-corrected chi connectivity index (χ3v) is 5.22. The number of nitrogens with zero attached hydrogens (tertiary/aromatic N) is 1. The number of likely N-dealkylation sites (tertiary alicyclic amines) is 1. The van der Waals surface area contributed by atoms with Gasteiger partial charge < -0.3 is 5.32 Å². The predicted molar refractivity (Wildman–Crippen MR) is 96.8 cm³/mol. The molecular formula is C19H22F2N2OS. The minimum atomic E-state index is -2.51. The molecule has 0 bridgehead atoms. The van der Waals surface area contributed by atoms with Gasteiger partial charge in [-0.2, -0.15) is 11.3 Å². The fourth-order valence-electron chi connectivity index (χ4n) is 3.24. The molecule has 134 valence electrons. The van der Waals surface area contributed by atoms with Crippen LogP contribution in [0.2, 0.25) is 0 Å². The summed E-state index contributed by atoms with van der Waals surface area (Å²) in [4.78, 5) is 14.3. The molecule has 1 atom stereocenters. The van der Waals surface area contributed by atoms with E-state index in [4.69, 9.17) is 0 Å². The predicted octanol–water partition coefficient (Wildman–Crippen LogP) is 4.15. The summed E-state index contributed by atoms with van der Waals surface area (Å²) in [6.45, 7) is 0.911. The fraction of sp³-hybridized carbons (Fsp3) is 0.421. The molecule has 1 aromatic heterocycles. The molecular weight excluding hydrogens is 342 g/mol. The van der Waals surface area contributed by atoms with Gasteiger partial charge in [-0.25, -0.2) is 8.78 Å². The molecule has 0 saturated carbocycles. The second kappa shape index (κ2) is 8.54. The van der Waals surface area contributed by atoms with E-state index in [1.807, 2.05) is 0 Å². The van der Waals surface area contributed by atoms with Gasteiger partial charge in [-0.1, -0.05) is 30.7 Å². The Labute approximate surface area is 150 Å². The average molecular weight is 364 g/mol. The first kappa shape index (κ1) is 18.0. The summed E-state index contributed by atoms with van der Waals surface area (Å²) in [5.41, 5.74) is 3.51. The number of alkyl halides is 2. The number of piperidine rings is 1. The molecule has 1 aliphatic heterocycles. The molecule has 25 heavy (non-hydrogen) atoms. The molecule has 0 spiro atoms. The van der Waals surface area contributed by atoms with E-state index in [1.165, 1.54) is 11.1 Å². The maximum Gasteiger partial charge on any atom is 0.255 e. The van der Waals surface area contributed by atoms with Crippen molar-refractivity contribution in [1.29, 1.82) is 0 Å². The van der Waals surface area contributed by atoms with Crippen molar-refractivity contribution in [3.63, 3.8) is 0 Å². The molecule has 1 saturated heterocycles. The number of thiophene rings is 1. The van der Waals surface area contributed by atoms with Crippen LogP contribution in [0.1, 0.15) is 24.8 Å². The van der Waals surface area contributed by atoms with Gasteiger partial charge in [0, 0.05) is 6.54 Å². The van der Waals surface area contributed by atoms with Crippen LogP contribution in [0.25, 0.3) is 11.1 Å². The van der Waals surface area contributed by atoms with Gasteiger partial charge in [0.1, 0.15) is 0 Å². The highest BCUT2D eigenvalue weighted by Crippen LogP contribution is 2.24. The summed E-state index contributed by atoms with van der Waals surface area (Å²) in [6.07, 6.45) is 0.208. The van der Waals surface area contributed by atoms with Gasteiger partial charge >= 0.3 is 0 Å². The maximum atomic E-state index is 12.3. The highest BCUT2D eigenvalue weighted by atomic mass is 32.1. The van der Waals surface area contributed by atoms with E-state index in [0.29, 0.717) is 6.54 Å². The van der Waals surface area contributed by atoms with Crippen LogP contribution in [0.3, 0.4) is 0 Å². The molecule has 1 unspecified atom stereocenters. The van der Waals surface area contributed by atoms with Gasteiger partial charge in [0.25, 0.3) is 6.43 Å². The lowest BCUT2D eigenvalue weighted by atomic mass is 9.99. The topological polar surface area (TPSA) is 32.3 Å². The van der Waals surface area contributed by atoms with E-state index in [-0.39, 0.29) is 11.9 Å². The van der Waals surface area contributed by atoms with Gasteiger partial charge in [-0.3, -0.25) is 9.69 Å². The zero-order chi connectivity index (χ0) is 17.6. The first-order valence-electron chi connectivity index (χ1n) is 8.55. The number of halogens is 2. The van der Waals surface area contributed by atoms with Crippen LogP contribution >= 0.6 is 11.3 Å². The SMILES string of the molecule is O=C(NCC(F)F)C1CCCCN1Cc1ccc(-c2ccsc2)cc1. The van der Waals surface area contributed by atoms with Gasteiger partial charge in [0.05, 0.1) is 12.6 Å². The van der Waals surface area contributed by atoms with Crippen molar-refractivity contribution in [1.82, 2.24) is 10.2 Å². The summed E-state index contributed by atoms with van der Waals surface area (Å²) < 4.78 is 24.7. The minimum absolute atomic E-state index is 0.283. The highest BCUT2D eigenvalue weighted by Gasteiger charge is 2.28. The van der Waals surface area contributed by atoms with E-state index in [9.17, 15) is 13.6 Å². The first-order valence-corrected chi connectivity index (χ1v) is 9.49. The molecule has 1 N–H and O–H groups in total. The molecule has 6 heteroatoms. The standard InChI is InChI=1S/C19H22F2N2OS/c20-18(21)11-22-19(24)17-3-1-2-9-23(17)12-14-4-6-15(7-5-14)16-8-10-25-13-16/h4-8,10,13,17-18H,1-3,9,11-12H2,(H,22,24). The molecule has 3 nitrogen and oxygen atoms in total. The number of hydrogen-bond acceptors (Lipinski definition) is 3. The Morgan fingerprint density at radius 3 is 2.68 bits per heavy atom. The fourth-order valence-corrected chi connectivity index (χ4v) is 3.90. The Balaban J connectivity index is 1.64. The second-order valence-electron chi connectivity index (χ2n) is 6.33. The monoisotopic (exact) mass is 364 g/mol. The third kappa shape index (κ3) is 4.86. The zero-order valence-electron chi connectivity index (χ0n) is 14.0. The minimum Gasteiger partial charge on any atom is -0.349 e. The van der Waals surface area contributed by atoms with Gasteiger partial charge in [-0.15, -0.1) is 0 Å². The molecule has 3 rings (SSSR count). The summed E-state index contributed by atoms with van der Waals surface area (Å²) in [6, 6.07) is 10.1. The molecule has 0 radical (unpaired) electrons. The van der Waals surface area contributed by atoms with Crippen molar-refractivity contribution in [3.05, 3.63) is 46.7 Å². The molecule has 0 aliphatic carbocycles. The van der Waals surface area contributed by atoms with Gasteiger partial charge in [0.15, 0.2) is 0 Å². The summed E-state index contributed by atoms with van der Waals surface area (Å²) in [7, 11) is 0. The van der Waals surface area contributed by atoms with Crippen molar-refractivity contribution in [2.24, 2.45) is 0 Å². The second-order valence-corrected chi connectivity index (χ2v) is 7.11. The average Bonchev–Trinajstić information content (AvgIpc) is 3.15. The van der Waals surface area contributed by atoms with Gasteiger partial charge in [-0.05, 0) is 52.9 Å². The maximum absolute atomic E-state index is 12.3. The number of carbonyl (C=O) groups is 1. The number of hydrogen-bond donors (Lipinski definition) is 1. The van der Waals surface area contributed by atoms with Crippen LogP contribution in [0, 0.1) is 0 Å². The van der Waals surface area contributed by atoms with E-state index < -0.39 is 13.0 Å². The van der Waals surface area contributed by atoms with E-state index in [1.54, 1.807) is 11.3 Å². The number of carbonyl (C=O) groups excluding carboxylic acids is 1. The molecule has 1 aromatic carbocycles. The van der Waals surface area contributed by atoms with Crippen LogP contribution in [-0.4, -0.2) is 36.4 Å². The summed E-state index contributed by atoms with van der Waals surface area (Å²) in [5.74, 6) is -0.283. The van der Waals surface area contributed by atoms with Crippen LogP contribution < -0.4 is 5.32 Å². The van der Waals surface area contributed by atoms with Crippen LogP contribution in [-0.2, 0) is 11.3 Å². The molecule has 2 aromatic rings. The van der Waals surface area contributed by atoms with Crippen LogP contribution in [0.4, 0.5) is 8.78 Å². The number of nitrogens with one attached hydrogen (secondary N) is 1. The van der Waals surface area contributed by atoms with Crippen LogP contribution in [0.15, 0.2) is 41.1 Å². The Morgan fingerprint density at radius 1 is 1.20 bits per heavy atom. The molecule has 1 fully saturated rings. The van der Waals surface area contributed by atoms with Crippen molar-refractivity contribution < 1.29 is 13.6 Å². The summed E-state index contributed by atoms with van der Waals surface area (Å²) in [5, 5.41) is 6.54. The molecule has 1 aliphatic rings. The molecule has 2 heterocycles. The van der Waals surface area contributed by atoms with E-state index in [0.717, 1.165) is 31.4 Å². The number of amides is 1. The Hall–Kier alpha value is -1.79.